The molecule has 1 aliphatic heterocycles. The Hall–Kier alpha value is -3.47. The highest BCUT2D eigenvalue weighted by Crippen LogP contribution is 2.36. The van der Waals surface area contributed by atoms with Crippen LogP contribution in [0, 0.1) is 11.6 Å². The van der Waals surface area contributed by atoms with Crippen LogP contribution in [-0.2, 0) is 4.74 Å². The highest BCUT2D eigenvalue weighted by molar-refractivity contribution is 5.85. The second-order valence-electron chi connectivity index (χ2n) is 7.59. The van der Waals surface area contributed by atoms with Crippen LogP contribution in [0.3, 0.4) is 0 Å². The molecule has 10 heteroatoms. The number of nitrogens with two attached hydrogens (primary N) is 1. The van der Waals surface area contributed by atoms with Crippen LogP contribution in [0.2, 0.25) is 0 Å². The standard InChI is InChI=1S/C22H19F2N5O3/c23-14-5-13(6-15(24)7-14)11-1-3-12(4-2-11)21-28-19-20(25)26-10-27-22(19)29(21)18-8-16(31)17(9-30)32-18/h1-7,10,16-18,30-31H,8-9H2,(H2,25,26,27)/t16-,17+,18+/m0/s1. The first-order valence-corrected chi connectivity index (χ1v) is 9.94. The zero-order chi connectivity index (χ0) is 22.4. The molecule has 5 rings (SSSR count). The summed E-state index contributed by atoms with van der Waals surface area (Å²) >= 11 is 0. The minimum atomic E-state index is -0.847. The molecule has 3 heterocycles. The Morgan fingerprint density at radius 3 is 2.38 bits per heavy atom. The molecular weight excluding hydrogens is 420 g/mol. The summed E-state index contributed by atoms with van der Waals surface area (Å²) in [6, 6.07) is 10.3. The normalized spacial score (nSPS) is 20.8. The van der Waals surface area contributed by atoms with Gasteiger partial charge in [0.2, 0.25) is 0 Å². The molecule has 0 amide bonds. The summed E-state index contributed by atoms with van der Waals surface area (Å²) in [5.41, 5.74) is 8.51. The Balaban J connectivity index is 1.60. The Morgan fingerprint density at radius 1 is 1.03 bits per heavy atom. The molecule has 164 valence electrons. The summed E-state index contributed by atoms with van der Waals surface area (Å²) in [6.07, 6.45) is -0.660. The molecule has 32 heavy (non-hydrogen) atoms. The summed E-state index contributed by atoms with van der Waals surface area (Å²) < 4.78 is 34.8. The predicted molar refractivity (Wildman–Crippen MR) is 112 cm³/mol. The molecule has 1 aliphatic rings. The number of aromatic nitrogens is 4. The average molecular weight is 439 g/mol. The lowest BCUT2D eigenvalue weighted by Gasteiger charge is -2.17. The third kappa shape index (κ3) is 3.48. The minimum Gasteiger partial charge on any atom is -0.394 e. The van der Waals surface area contributed by atoms with Crippen LogP contribution in [-0.4, -0.2) is 48.5 Å². The highest BCUT2D eigenvalue weighted by atomic mass is 19.1. The number of hydrogen-bond acceptors (Lipinski definition) is 7. The second-order valence-corrected chi connectivity index (χ2v) is 7.59. The number of imidazole rings is 1. The lowest BCUT2D eigenvalue weighted by atomic mass is 10.0. The Morgan fingerprint density at radius 2 is 1.72 bits per heavy atom. The van der Waals surface area contributed by atoms with E-state index in [2.05, 4.69) is 15.0 Å². The zero-order valence-corrected chi connectivity index (χ0v) is 16.7. The van der Waals surface area contributed by atoms with Gasteiger partial charge in [-0.1, -0.05) is 24.3 Å². The molecule has 4 N–H and O–H groups in total. The van der Waals surface area contributed by atoms with Crippen molar-refractivity contribution in [3.05, 3.63) is 60.4 Å². The van der Waals surface area contributed by atoms with Gasteiger partial charge in [0.15, 0.2) is 17.0 Å². The van der Waals surface area contributed by atoms with Crippen molar-refractivity contribution in [2.45, 2.75) is 24.9 Å². The van der Waals surface area contributed by atoms with E-state index >= 15 is 0 Å². The van der Waals surface area contributed by atoms with E-state index in [0.717, 1.165) is 6.07 Å². The Bertz CT molecular complexity index is 1270. The van der Waals surface area contributed by atoms with E-state index in [-0.39, 0.29) is 18.8 Å². The number of hydrogen-bond donors (Lipinski definition) is 3. The number of rotatable bonds is 4. The van der Waals surface area contributed by atoms with Gasteiger partial charge in [-0.2, -0.15) is 0 Å². The van der Waals surface area contributed by atoms with Crippen LogP contribution >= 0.6 is 0 Å². The van der Waals surface area contributed by atoms with E-state index in [0.29, 0.717) is 33.7 Å². The van der Waals surface area contributed by atoms with Gasteiger partial charge < -0.3 is 20.7 Å². The fourth-order valence-corrected chi connectivity index (χ4v) is 3.97. The fourth-order valence-electron chi connectivity index (χ4n) is 3.97. The van der Waals surface area contributed by atoms with Crippen LogP contribution in [0.15, 0.2) is 48.8 Å². The molecule has 0 spiro atoms. The maximum absolute atomic E-state index is 13.6. The first-order valence-electron chi connectivity index (χ1n) is 9.94. The van der Waals surface area contributed by atoms with Gasteiger partial charge in [-0.3, -0.25) is 4.57 Å². The van der Waals surface area contributed by atoms with Crippen LogP contribution in [0.1, 0.15) is 12.6 Å². The smallest absolute Gasteiger partial charge is 0.168 e. The van der Waals surface area contributed by atoms with Crippen molar-refractivity contribution >= 4 is 17.0 Å². The van der Waals surface area contributed by atoms with E-state index in [9.17, 15) is 19.0 Å². The first kappa shape index (κ1) is 20.4. The van der Waals surface area contributed by atoms with E-state index in [1.807, 2.05) is 0 Å². The summed E-state index contributed by atoms with van der Waals surface area (Å²) in [5, 5.41) is 19.7. The van der Waals surface area contributed by atoms with Crippen molar-refractivity contribution in [1.29, 1.82) is 0 Å². The van der Waals surface area contributed by atoms with Crippen molar-refractivity contribution in [2.75, 3.05) is 12.3 Å². The largest absolute Gasteiger partial charge is 0.394 e. The molecule has 0 bridgehead atoms. The minimum absolute atomic E-state index is 0.194. The van der Waals surface area contributed by atoms with Gasteiger partial charge in [0.25, 0.3) is 0 Å². The van der Waals surface area contributed by atoms with Gasteiger partial charge >= 0.3 is 0 Å². The van der Waals surface area contributed by atoms with E-state index in [1.165, 1.54) is 18.5 Å². The number of ether oxygens (including phenoxy) is 1. The van der Waals surface area contributed by atoms with E-state index in [4.69, 9.17) is 10.5 Å². The number of aliphatic hydroxyl groups excluding tert-OH is 2. The fraction of sp³-hybridized carbons (Fsp3) is 0.227. The number of nitrogen functional groups attached to an aromatic ring is 1. The predicted octanol–water partition coefficient (Wildman–Crippen LogP) is 2.66. The summed E-state index contributed by atoms with van der Waals surface area (Å²) in [4.78, 5) is 12.9. The van der Waals surface area contributed by atoms with Gasteiger partial charge in [-0.15, -0.1) is 0 Å². The van der Waals surface area contributed by atoms with Gasteiger partial charge in [-0.05, 0) is 23.3 Å². The van der Waals surface area contributed by atoms with Gasteiger partial charge in [0, 0.05) is 18.1 Å². The van der Waals surface area contributed by atoms with Crippen molar-refractivity contribution in [1.82, 2.24) is 19.5 Å². The highest BCUT2D eigenvalue weighted by Gasteiger charge is 2.37. The van der Waals surface area contributed by atoms with Crippen LogP contribution in [0.5, 0.6) is 0 Å². The number of fused-ring (bicyclic) bond motifs is 1. The topological polar surface area (TPSA) is 119 Å². The molecule has 3 atom stereocenters. The number of aliphatic hydroxyl groups is 2. The number of benzene rings is 2. The second kappa shape index (κ2) is 7.90. The number of nitrogens with zero attached hydrogens (tertiary/aromatic N) is 4. The molecule has 2 aromatic carbocycles. The summed E-state index contributed by atoms with van der Waals surface area (Å²) in [7, 11) is 0. The molecule has 1 fully saturated rings. The molecule has 1 saturated heterocycles. The molecular formula is C22H19F2N5O3. The van der Waals surface area contributed by atoms with E-state index < -0.39 is 30.1 Å². The van der Waals surface area contributed by atoms with Gasteiger partial charge in [0.1, 0.15) is 36.1 Å². The Labute approximate surface area is 180 Å². The monoisotopic (exact) mass is 439 g/mol. The third-order valence-electron chi connectivity index (χ3n) is 5.52. The SMILES string of the molecule is Nc1ncnc2c1nc(-c1ccc(-c3cc(F)cc(F)c3)cc1)n2[C@H]1C[C@H](O)[C@@H](CO)O1. The number of anilines is 1. The molecule has 8 nitrogen and oxygen atoms in total. The van der Waals surface area contributed by atoms with Crippen molar-refractivity contribution in [3.63, 3.8) is 0 Å². The molecule has 0 aliphatic carbocycles. The maximum Gasteiger partial charge on any atom is 0.168 e. The third-order valence-corrected chi connectivity index (χ3v) is 5.52. The van der Waals surface area contributed by atoms with E-state index in [1.54, 1.807) is 28.8 Å². The molecule has 0 unspecified atom stereocenters. The number of halogens is 2. The van der Waals surface area contributed by atoms with Crippen molar-refractivity contribution in [3.8, 4) is 22.5 Å². The Kier molecular flexibility index (Phi) is 5.04. The maximum atomic E-state index is 13.6. The lowest BCUT2D eigenvalue weighted by Crippen LogP contribution is -2.24. The van der Waals surface area contributed by atoms with Crippen molar-refractivity contribution < 1.29 is 23.7 Å². The van der Waals surface area contributed by atoms with Crippen LogP contribution in [0.4, 0.5) is 14.6 Å². The average Bonchev–Trinajstić information content (AvgIpc) is 3.34. The van der Waals surface area contributed by atoms with Gasteiger partial charge in [-0.25, -0.2) is 23.7 Å². The van der Waals surface area contributed by atoms with Gasteiger partial charge in [0.05, 0.1) is 12.7 Å². The molecule has 0 radical (unpaired) electrons. The first-order chi connectivity index (χ1) is 15.4. The summed E-state index contributed by atoms with van der Waals surface area (Å²) in [6.45, 7) is -0.324. The van der Waals surface area contributed by atoms with Crippen LogP contribution in [0.25, 0.3) is 33.7 Å². The molecule has 0 saturated carbocycles. The van der Waals surface area contributed by atoms with Crippen molar-refractivity contribution in [2.24, 2.45) is 0 Å². The quantitative estimate of drug-likeness (QED) is 0.447. The summed E-state index contributed by atoms with van der Waals surface area (Å²) in [5.74, 6) is -0.648. The molecule has 2 aromatic heterocycles. The van der Waals surface area contributed by atoms with Crippen LogP contribution < -0.4 is 5.73 Å². The molecule has 4 aromatic rings. The lowest BCUT2D eigenvalue weighted by molar-refractivity contribution is -0.0426. The zero-order valence-electron chi connectivity index (χ0n) is 16.7.